The zero-order valence-corrected chi connectivity index (χ0v) is 22.1. The number of ketones is 1. The zero-order chi connectivity index (χ0) is 22.8. The molecule has 186 valence electrons. The van der Waals surface area contributed by atoms with Crippen molar-refractivity contribution in [3.63, 3.8) is 0 Å². The zero-order valence-electron chi connectivity index (χ0n) is 20.4. The first-order valence-electron chi connectivity index (χ1n) is 11.3. The molecule has 2 aromatic carbocycles. The van der Waals surface area contributed by atoms with Gasteiger partial charge in [-0.15, -0.1) is 24.8 Å². The van der Waals surface area contributed by atoms with Gasteiger partial charge in [-0.2, -0.15) is 5.10 Å². The summed E-state index contributed by atoms with van der Waals surface area (Å²) in [7, 11) is 3.20. The van der Waals surface area contributed by atoms with Gasteiger partial charge in [0, 0.05) is 42.2 Å². The third-order valence-electron chi connectivity index (χ3n) is 6.25. The highest BCUT2D eigenvalue weighted by atomic mass is 35.5. The number of carbonyl (C=O) groups is 1. The van der Waals surface area contributed by atoms with Crippen LogP contribution < -0.4 is 14.8 Å². The van der Waals surface area contributed by atoms with Crippen molar-refractivity contribution in [2.24, 2.45) is 0 Å². The van der Waals surface area contributed by atoms with Gasteiger partial charge in [0.25, 0.3) is 0 Å². The molecule has 3 aromatic rings. The van der Waals surface area contributed by atoms with Crippen LogP contribution >= 0.6 is 24.8 Å². The number of benzene rings is 2. The number of aryl methyl sites for hydroxylation is 1. The van der Waals surface area contributed by atoms with Crippen LogP contribution in [0.15, 0.2) is 24.3 Å². The summed E-state index contributed by atoms with van der Waals surface area (Å²) in [5.41, 5.74) is 4.83. The Bertz CT molecular complexity index is 1160. The van der Waals surface area contributed by atoms with Crippen LogP contribution in [0.2, 0.25) is 0 Å². The molecule has 4 rings (SSSR count). The number of fused-ring (bicyclic) bond motifs is 2. The Balaban J connectivity index is 0.00000204. The minimum absolute atomic E-state index is 0. The number of hydrogen-bond acceptors (Lipinski definition) is 6. The summed E-state index contributed by atoms with van der Waals surface area (Å²) in [6.07, 6.45) is 0. The molecule has 0 saturated carbocycles. The maximum absolute atomic E-state index is 13.4. The average molecular weight is 509 g/mol. The maximum atomic E-state index is 13.4. The standard InChI is InChI=1S/C25H32N4O3.2ClH/c1-6-28(7-2)10-8-26-9-11-29-20-13-16(3)12-18-22(20)24(27-29)23-19(25(18)30)14-17(31-4)15-21(23)32-5;;/h12-15,26H,6-11H2,1-5H3;2*1H. The fraction of sp³-hybridized carbons (Fsp3) is 0.440. The van der Waals surface area contributed by atoms with E-state index in [0.717, 1.165) is 67.0 Å². The van der Waals surface area contributed by atoms with Crippen molar-refractivity contribution in [2.75, 3.05) is 46.9 Å². The molecule has 0 aliphatic heterocycles. The van der Waals surface area contributed by atoms with Gasteiger partial charge in [-0.25, -0.2) is 0 Å². The van der Waals surface area contributed by atoms with Crippen LogP contribution in [0.25, 0.3) is 22.2 Å². The third kappa shape index (κ3) is 5.03. The molecule has 1 aliphatic rings. The van der Waals surface area contributed by atoms with Gasteiger partial charge in [0.2, 0.25) is 0 Å². The number of hydrogen-bond donors (Lipinski definition) is 1. The molecular formula is C25H34Cl2N4O3. The Morgan fingerprint density at radius 1 is 1.00 bits per heavy atom. The first kappa shape index (κ1) is 27.9. The van der Waals surface area contributed by atoms with Gasteiger partial charge in [0.1, 0.15) is 17.2 Å². The summed E-state index contributed by atoms with van der Waals surface area (Å²) in [5.74, 6) is 1.18. The quantitative estimate of drug-likeness (QED) is 0.321. The lowest BCUT2D eigenvalue weighted by Crippen LogP contribution is -2.33. The van der Waals surface area contributed by atoms with Crippen molar-refractivity contribution < 1.29 is 14.3 Å². The van der Waals surface area contributed by atoms with Crippen LogP contribution in [-0.4, -0.2) is 67.4 Å². The number of aromatic nitrogens is 2. The Hall–Kier alpha value is -2.32. The van der Waals surface area contributed by atoms with Crippen molar-refractivity contribution >= 4 is 41.5 Å². The molecule has 1 aromatic heterocycles. The summed E-state index contributed by atoms with van der Waals surface area (Å²) >= 11 is 0. The summed E-state index contributed by atoms with van der Waals surface area (Å²) in [5, 5.41) is 9.39. The largest absolute Gasteiger partial charge is 0.497 e. The molecule has 0 radical (unpaired) electrons. The molecule has 1 aliphatic carbocycles. The summed E-state index contributed by atoms with van der Waals surface area (Å²) < 4.78 is 13.1. The summed E-state index contributed by atoms with van der Waals surface area (Å²) in [6, 6.07) is 7.66. The predicted octanol–water partition coefficient (Wildman–Crippen LogP) is 4.35. The van der Waals surface area contributed by atoms with E-state index < -0.39 is 0 Å². The molecule has 1 N–H and O–H groups in total. The second-order valence-corrected chi connectivity index (χ2v) is 8.14. The fourth-order valence-corrected chi connectivity index (χ4v) is 4.49. The van der Waals surface area contributed by atoms with Crippen LogP contribution in [0.3, 0.4) is 0 Å². The van der Waals surface area contributed by atoms with Crippen LogP contribution in [0.5, 0.6) is 11.5 Å². The summed E-state index contributed by atoms with van der Waals surface area (Å²) in [4.78, 5) is 15.8. The number of nitrogens with zero attached hydrogens (tertiary/aromatic N) is 3. The van der Waals surface area contributed by atoms with Crippen molar-refractivity contribution in [1.29, 1.82) is 0 Å². The van der Waals surface area contributed by atoms with Gasteiger partial charge < -0.3 is 19.7 Å². The Labute approximate surface area is 213 Å². The molecule has 0 fully saturated rings. The van der Waals surface area contributed by atoms with Gasteiger partial charge in [0.05, 0.1) is 31.8 Å². The van der Waals surface area contributed by atoms with E-state index in [1.807, 2.05) is 23.7 Å². The minimum atomic E-state index is -0.0182. The van der Waals surface area contributed by atoms with E-state index in [2.05, 4.69) is 30.1 Å². The van der Waals surface area contributed by atoms with Crippen molar-refractivity contribution in [3.8, 4) is 22.8 Å². The van der Waals surface area contributed by atoms with Gasteiger partial charge in [-0.3, -0.25) is 9.48 Å². The second-order valence-electron chi connectivity index (χ2n) is 8.14. The number of ether oxygens (including phenoxy) is 2. The molecule has 7 nitrogen and oxygen atoms in total. The smallest absolute Gasteiger partial charge is 0.194 e. The van der Waals surface area contributed by atoms with Crippen molar-refractivity contribution in [2.45, 2.75) is 27.3 Å². The molecule has 0 saturated heterocycles. The molecule has 9 heteroatoms. The number of halogens is 2. The minimum Gasteiger partial charge on any atom is -0.497 e. The monoisotopic (exact) mass is 508 g/mol. The van der Waals surface area contributed by atoms with E-state index in [1.54, 1.807) is 20.3 Å². The predicted molar refractivity (Wildman–Crippen MR) is 142 cm³/mol. The molecule has 0 spiro atoms. The van der Waals surface area contributed by atoms with E-state index in [9.17, 15) is 4.79 Å². The molecule has 0 unspecified atom stereocenters. The molecule has 0 atom stereocenters. The second kappa shape index (κ2) is 11.9. The number of carbonyl (C=O) groups excluding carboxylic acids is 1. The number of likely N-dealkylation sites (N-methyl/N-ethyl adjacent to an activating group) is 1. The first-order valence-corrected chi connectivity index (χ1v) is 11.3. The molecule has 34 heavy (non-hydrogen) atoms. The normalized spacial score (nSPS) is 11.8. The van der Waals surface area contributed by atoms with E-state index >= 15 is 0 Å². The van der Waals surface area contributed by atoms with Gasteiger partial charge in [-0.1, -0.05) is 13.8 Å². The highest BCUT2D eigenvalue weighted by molar-refractivity contribution is 6.26. The fourth-order valence-electron chi connectivity index (χ4n) is 4.49. The molecular weight excluding hydrogens is 475 g/mol. The first-order chi connectivity index (χ1) is 15.5. The summed E-state index contributed by atoms with van der Waals surface area (Å²) in [6.45, 7) is 12.0. The molecule has 0 bridgehead atoms. The van der Waals surface area contributed by atoms with Gasteiger partial charge in [0.15, 0.2) is 5.78 Å². The average Bonchev–Trinajstić information content (AvgIpc) is 3.16. The van der Waals surface area contributed by atoms with Crippen molar-refractivity contribution in [3.05, 3.63) is 41.0 Å². The number of nitrogens with one attached hydrogen (secondary N) is 1. The third-order valence-corrected chi connectivity index (χ3v) is 6.25. The Morgan fingerprint density at radius 2 is 1.74 bits per heavy atom. The van der Waals surface area contributed by atoms with Crippen LogP contribution in [-0.2, 0) is 6.54 Å². The molecule has 1 heterocycles. The van der Waals surface area contributed by atoms with Crippen molar-refractivity contribution in [1.82, 2.24) is 20.0 Å². The van der Waals surface area contributed by atoms with Crippen LogP contribution in [0.4, 0.5) is 0 Å². The Kier molecular flexibility index (Phi) is 9.76. The maximum Gasteiger partial charge on any atom is 0.194 e. The highest BCUT2D eigenvalue weighted by Gasteiger charge is 2.32. The van der Waals surface area contributed by atoms with Crippen LogP contribution in [0, 0.1) is 6.92 Å². The van der Waals surface area contributed by atoms with E-state index in [-0.39, 0.29) is 30.6 Å². The van der Waals surface area contributed by atoms with E-state index in [4.69, 9.17) is 14.6 Å². The highest BCUT2D eigenvalue weighted by Crippen LogP contribution is 2.45. The van der Waals surface area contributed by atoms with Gasteiger partial charge in [-0.05, 0) is 43.8 Å². The van der Waals surface area contributed by atoms with Gasteiger partial charge >= 0.3 is 0 Å². The van der Waals surface area contributed by atoms with E-state index in [1.165, 1.54) is 0 Å². The topological polar surface area (TPSA) is 68.6 Å². The number of methoxy groups -OCH3 is 2. The lowest BCUT2D eigenvalue weighted by molar-refractivity contribution is 0.103. The molecule has 0 amide bonds. The lowest BCUT2D eigenvalue weighted by atomic mass is 9.86. The lowest BCUT2D eigenvalue weighted by Gasteiger charge is -2.19. The van der Waals surface area contributed by atoms with E-state index in [0.29, 0.717) is 22.6 Å². The number of rotatable bonds is 10. The SMILES string of the molecule is CCN(CC)CCNCCn1nc2c3c(cc(C)cc31)C(=O)c1cc(OC)cc(OC)c1-2.Cl.Cl. The Morgan fingerprint density at radius 3 is 2.38 bits per heavy atom. The van der Waals surface area contributed by atoms with Crippen LogP contribution in [0.1, 0.15) is 35.3 Å².